The van der Waals surface area contributed by atoms with Crippen molar-refractivity contribution in [1.82, 2.24) is 9.36 Å². The van der Waals surface area contributed by atoms with Gasteiger partial charge in [-0.25, -0.2) is 4.98 Å². The number of hydrogen-bond donors (Lipinski definition) is 3. The number of aliphatic imine (C=N–C) groups is 1. The number of nitrogens with one attached hydrogen (secondary N) is 2. The first kappa shape index (κ1) is 14.5. The van der Waals surface area contributed by atoms with Gasteiger partial charge in [-0.2, -0.15) is 0 Å². The molecule has 0 aliphatic heterocycles. The molecule has 0 fully saturated rings. The minimum atomic E-state index is -0.263. The number of nitrogens with zero attached hydrogens (tertiary/aromatic N) is 2. The molecule has 0 aliphatic carbocycles. The van der Waals surface area contributed by atoms with E-state index >= 15 is 0 Å². The molecule has 0 amide bonds. The molecule has 2 heterocycles. The zero-order valence-electron chi connectivity index (χ0n) is 11.0. The quantitative estimate of drug-likeness (QED) is 0.459. The molecule has 0 spiro atoms. The van der Waals surface area contributed by atoms with Gasteiger partial charge in [0.1, 0.15) is 21.6 Å². The van der Waals surface area contributed by atoms with E-state index in [9.17, 15) is 4.79 Å². The Hall–Kier alpha value is -1.86. The number of H-pyrrole nitrogens is 1. The highest BCUT2D eigenvalue weighted by atomic mass is 35.5. The summed E-state index contributed by atoms with van der Waals surface area (Å²) in [6.07, 6.45) is 1.58. The van der Waals surface area contributed by atoms with E-state index in [2.05, 4.69) is 19.7 Å². The zero-order valence-corrected chi connectivity index (χ0v) is 12.5. The summed E-state index contributed by atoms with van der Waals surface area (Å²) in [5.74, 6) is 0.215. The van der Waals surface area contributed by atoms with Crippen molar-refractivity contribution in [2.75, 3.05) is 5.32 Å². The SMILES string of the molecule is CC(C)N=C(N)c1c(Nc2ccc(Cl)nc2)s[nH]c1=O. The minimum Gasteiger partial charge on any atom is -0.383 e. The lowest BCUT2D eigenvalue weighted by Gasteiger charge is -2.06. The van der Waals surface area contributed by atoms with Gasteiger partial charge in [0, 0.05) is 6.04 Å². The van der Waals surface area contributed by atoms with E-state index in [1.54, 1.807) is 18.3 Å². The number of hydrogen-bond acceptors (Lipinski definition) is 5. The van der Waals surface area contributed by atoms with E-state index in [1.165, 1.54) is 0 Å². The van der Waals surface area contributed by atoms with E-state index in [-0.39, 0.29) is 17.4 Å². The van der Waals surface area contributed by atoms with Crippen LogP contribution in [0.4, 0.5) is 10.7 Å². The van der Waals surface area contributed by atoms with E-state index in [0.717, 1.165) is 11.5 Å². The summed E-state index contributed by atoms with van der Waals surface area (Å²) < 4.78 is 2.64. The lowest BCUT2D eigenvalue weighted by atomic mass is 10.3. The van der Waals surface area contributed by atoms with Gasteiger partial charge in [-0.3, -0.25) is 14.2 Å². The largest absolute Gasteiger partial charge is 0.383 e. The van der Waals surface area contributed by atoms with Gasteiger partial charge in [0.05, 0.1) is 11.9 Å². The molecule has 0 aliphatic rings. The lowest BCUT2D eigenvalue weighted by Crippen LogP contribution is -2.23. The average Bonchev–Trinajstić information content (AvgIpc) is 2.72. The van der Waals surface area contributed by atoms with Gasteiger partial charge in [0.2, 0.25) is 0 Å². The molecular weight excluding hydrogens is 298 g/mol. The topological polar surface area (TPSA) is 96.2 Å². The molecule has 0 bridgehead atoms. The molecule has 0 saturated heterocycles. The number of aromatic amines is 1. The van der Waals surface area contributed by atoms with Crippen molar-refractivity contribution in [3.63, 3.8) is 0 Å². The van der Waals surface area contributed by atoms with Crippen LogP contribution in [0.5, 0.6) is 0 Å². The lowest BCUT2D eigenvalue weighted by molar-refractivity contribution is 0.834. The first-order valence-corrected chi connectivity index (χ1v) is 7.10. The van der Waals surface area contributed by atoms with Gasteiger partial charge in [-0.1, -0.05) is 11.6 Å². The van der Waals surface area contributed by atoms with Crippen LogP contribution in [0.2, 0.25) is 5.15 Å². The van der Waals surface area contributed by atoms with E-state index < -0.39 is 0 Å². The van der Waals surface area contributed by atoms with Crippen LogP contribution in [-0.2, 0) is 0 Å². The molecule has 0 radical (unpaired) electrons. The van der Waals surface area contributed by atoms with Gasteiger partial charge in [0.15, 0.2) is 0 Å². The molecule has 2 rings (SSSR count). The average molecular weight is 312 g/mol. The van der Waals surface area contributed by atoms with Crippen LogP contribution in [0.1, 0.15) is 19.4 Å². The Bertz CT molecular complexity index is 674. The summed E-state index contributed by atoms with van der Waals surface area (Å²) in [5, 5.41) is 4.08. The fraction of sp³-hybridized carbons (Fsp3) is 0.250. The summed E-state index contributed by atoms with van der Waals surface area (Å²) in [6.45, 7) is 3.78. The number of halogens is 1. The van der Waals surface area contributed by atoms with E-state index in [4.69, 9.17) is 17.3 Å². The Morgan fingerprint density at radius 1 is 1.55 bits per heavy atom. The summed E-state index contributed by atoms with van der Waals surface area (Å²) in [7, 11) is 0. The number of rotatable bonds is 4. The fourth-order valence-electron chi connectivity index (χ4n) is 1.55. The maximum absolute atomic E-state index is 11.8. The van der Waals surface area contributed by atoms with Crippen molar-refractivity contribution in [3.05, 3.63) is 39.4 Å². The van der Waals surface area contributed by atoms with Crippen LogP contribution >= 0.6 is 23.1 Å². The second-order valence-corrected chi connectivity index (χ2v) is 5.54. The molecule has 2 aromatic rings. The van der Waals surface area contributed by atoms with Crippen LogP contribution in [-0.4, -0.2) is 21.2 Å². The predicted octanol–water partition coefficient (Wildman–Crippen LogP) is 2.34. The van der Waals surface area contributed by atoms with Gasteiger partial charge < -0.3 is 11.1 Å². The number of amidine groups is 1. The second kappa shape index (κ2) is 6.06. The van der Waals surface area contributed by atoms with Gasteiger partial charge in [0.25, 0.3) is 5.56 Å². The number of nitrogens with two attached hydrogens (primary N) is 1. The highest BCUT2D eigenvalue weighted by molar-refractivity contribution is 7.10. The molecule has 0 aromatic carbocycles. The van der Waals surface area contributed by atoms with E-state index in [0.29, 0.717) is 21.4 Å². The zero-order chi connectivity index (χ0) is 14.7. The van der Waals surface area contributed by atoms with Gasteiger partial charge in [-0.05, 0) is 37.5 Å². The predicted molar refractivity (Wildman–Crippen MR) is 83.3 cm³/mol. The molecule has 8 heteroatoms. The van der Waals surface area contributed by atoms with Crippen LogP contribution in [0.15, 0.2) is 28.1 Å². The normalized spacial score (nSPS) is 11.9. The van der Waals surface area contributed by atoms with E-state index in [1.807, 2.05) is 13.8 Å². The maximum Gasteiger partial charge on any atom is 0.271 e. The molecule has 0 saturated carbocycles. The monoisotopic (exact) mass is 311 g/mol. The standard InChI is InChI=1S/C12H14ClN5OS/c1-6(2)16-10(14)9-11(19)18-20-12(9)17-7-3-4-8(13)15-5-7/h3-6,17H,1-2H3,(H2,14,16)(H,18,19). The summed E-state index contributed by atoms with van der Waals surface area (Å²) in [6, 6.07) is 3.43. The van der Waals surface area contributed by atoms with Crippen molar-refractivity contribution in [1.29, 1.82) is 0 Å². The Morgan fingerprint density at radius 3 is 2.90 bits per heavy atom. The highest BCUT2D eigenvalue weighted by Gasteiger charge is 2.15. The minimum absolute atomic E-state index is 0.0133. The molecule has 2 aromatic heterocycles. The number of pyridine rings is 1. The number of anilines is 2. The first-order chi connectivity index (χ1) is 9.47. The Balaban J connectivity index is 2.34. The Kier molecular flexibility index (Phi) is 4.41. The van der Waals surface area contributed by atoms with Crippen molar-refractivity contribution < 1.29 is 0 Å². The number of aromatic nitrogens is 2. The third kappa shape index (κ3) is 3.37. The van der Waals surface area contributed by atoms with Gasteiger partial charge >= 0.3 is 0 Å². The van der Waals surface area contributed by atoms with Crippen LogP contribution < -0.4 is 16.6 Å². The van der Waals surface area contributed by atoms with Crippen molar-refractivity contribution >= 4 is 39.7 Å². The first-order valence-electron chi connectivity index (χ1n) is 5.91. The Labute approximate surface area is 124 Å². The summed E-state index contributed by atoms with van der Waals surface area (Å²) in [4.78, 5) is 20.0. The molecule has 4 N–H and O–H groups in total. The Morgan fingerprint density at radius 2 is 2.30 bits per heavy atom. The molecule has 20 heavy (non-hydrogen) atoms. The molecule has 0 unspecified atom stereocenters. The summed E-state index contributed by atoms with van der Waals surface area (Å²) in [5.41, 5.74) is 6.67. The van der Waals surface area contributed by atoms with Crippen LogP contribution in [0.25, 0.3) is 0 Å². The molecule has 6 nitrogen and oxygen atoms in total. The highest BCUT2D eigenvalue weighted by Crippen LogP contribution is 2.22. The third-order valence-electron chi connectivity index (χ3n) is 2.34. The fourth-order valence-corrected chi connectivity index (χ4v) is 2.42. The molecule has 106 valence electrons. The maximum atomic E-state index is 11.8. The smallest absolute Gasteiger partial charge is 0.271 e. The van der Waals surface area contributed by atoms with Crippen LogP contribution in [0.3, 0.4) is 0 Å². The van der Waals surface area contributed by atoms with Gasteiger partial charge in [-0.15, -0.1) is 0 Å². The molecule has 0 atom stereocenters. The summed E-state index contributed by atoms with van der Waals surface area (Å²) >= 11 is 6.89. The third-order valence-corrected chi connectivity index (χ3v) is 3.36. The second-order valence-electron chi connectivity index (χ2n) is 4.34. The molecular formula is C12H14ClN5OS. The van der Waals surface area contributed by atoms with Crippen molar-refractivity contribution in [2.24, 2.45) is 10.7 Å². The van der Waals surface area contributed by atoms with Crippen molar-refractivity contribution in [2.45, 2.75) is 19.9 Å². The van der Waals surface area contributed by atoms with Crippen molar-refractivity contribution in [3.8, 4) is 0 Å². The van der Waals surface area contributed by atoms with Crippen LogP contribution in [0, 0.1) is 0 Å².